The van der Waals surface area contributed by atoms with Crippen LogP contribution in [0, 0.1) is 0 Å². The zero-order valence-electron chi connectivity index (χ0n) is 11.0. The van der Waals surface area contributed by atoms with E-state index in [0.717, 1.165) is 12.4 Å². The van der Waals surface area contributed by atoms with E-state index in [9.17, 15) is 22.8 Å². The summed E-state index contributed by atoms with van der Waals surface area (Å²) in [7, 11) is 0. The third kappa shape index (κ3) is 4.52. The number of carbonyl (C=O) groups is 2. The number of aromatic nitrogens is 1. The van der Waals surface area contributed by atoms with Crippen LogP contribution in [0.3, 0.4) is 0 Å². The number of alkyl halides is 3. The average molecular weight is 290 g/mol. The number of hydrogen-bond donors (Lipinski definition) is 1. The van der Waals surface area contributed by atoms with Crippen molar-refractivity contribution < 1.29 is 27.5 Å². The van der Waals surface area contributed by atoms with E-state index in [0.29, 0.717) is 6.07 Å². The van der Waals surface area contributed by atoms with Gasteiger partial charge in [0.2, 0.25) is 0 Å². The third-order valence-corrected chi connectivity index (χ3v) is 1.99. The van der Waals surface area contributed by atoms with E-state index in [4.69, 9.17) is 4.74 Å². The molecule has 0 saturated heterocycles. The highest BCUT2D eigenvalue weighted by atomic mass is 19.4. The summed E-state index contributed by atoms with van der Waals surface area (Å²) in [6.45, 7) is 4.67. The Bertz CT molecular complexity index is 521. The van der Waals surface area contributed by atoms with Gasteiger partial charge in [0.05, 0.1) is 11.1 Å². The molecule has 0 spiro atoms. The molecule has 0 fully saturated rings. The van der Waals surface area contributed by atoms with E-state index in [-0.39, 0.29) is 0 Å². The Hall–Kier alpha value is -2.12. The molecule has 2 amide bonds. The van der Waals surface area contributed by atoms with Crippen molar-refractivity contribution in [2.75, 3.05) is 0 Å². The number of halogens is 3. The van der Waals surface area contributed by atoms with E-state index < -0.39 is 34.9 Å². The standard InChI is InChI=1S/C12H13F3N2O3/c1-11(2,3)20-10(19)17-9(18)7-6-16-5-4-8(7)12(13,14)15/h4-6H,1-3H3,(H,17,18,19). The van der Waals surface area contributed by atoms with E-state index in [1.165, 1.54) is 0 Å². The van der Waals surface area contributed by atoms with Crippen LogP contribution in [0.25, 0.3) is 0 Å². The Morgan fingerprint density at radius 1 is 1.25 bits per heavy atom. The van der Waals surface area contributed by atoms with Gasteiger partial charge in [-0.3, -0.25) is 15.1 Å². The number of amides is 2. The molecule has 0 saturated carbocycles. The van der Waals surface area contributed by atoms with Gasteiger partial charge in [0, 0.05) is 12.4 Å². The topological polar surface area (TPSA) is 68.3 Å². The van der Waals surface area contributed by atoms with Crippen LogP contribution in [0.2, 0.25) is 0 Å². The fourth-order valence-corrected chi connectivity index (χ4v) is 1.29. The summed E-state index contributed by atoms with van der Waals surface area (Å²) < 4.78 is 42.9. The molecule has 0 aliphatic carbocycles. The lowest BCUT2D eigenvalue weighted by atomic mass is 10.1. The van der Waals surface area contributed by atoms with Crippen LogP contribution in [-0.4, -0.2) is 22.6 Å². The molecule has 0 aliphatic heterocycles. The third-order valence-electron chi connectivity index (χ3n) is 1.99. The quantitative estimate of drug-likeness (QED) is 0.863. The summed E-state index contributed by atoms with van der Waals surface area (Å²) in [6, 6.07) is 0.657. The van der Waals surface area contributed by atoms with Crippen LogP contribution in [0.15, 0.2) is 18.5 Å². The summed E-state index contributed by atoms with van der Waals surface area (Å²) in [4.78, 5) is 26.5. The molecule has 0 atom stereocenters. The SMILES string of the molecule is CC(C)(C)OC(=O)NC(=O)c1cnccc1C(F)(F)F. The van der Waals surface area contributed by atoms with Gasteiger partial charge in [-0.25, -0.2) is 4.79 Å². The Morgan fingerprint density at radius 2 is 1.85 bits per heavy atom. The molecule has 8 heteroatoms. The first-order valence-corrected chi connectivity index (χ1v) is 5.56. The molecule has 0 unspecified atom stereocenters. The summed E-state index contributed by atoms with van der Waals surface area (Å²) in [5.41, 5.74) is -2.79. The summed E-state index contributed by atoms with van der Waals surface area (Å²) in [6.07, 6.45) is -4.20. The number of hydrogen-bond acceptors (Lipinski definition) is 4. The van der Waals surface area contributed by atoms with E-state index in [1.807, 2.05) is 0 Å². The first-order valence-electron chi connectivity index (χ1n) is 5.56. The molecular formula is C12H13F3N2O3. The fourth-order valence-electron chi connectivity index (χ4n) is 1.29. The maximum Gasteiger partial charge on any atom is 0.417 e. The first kappa shape index (κ1) is 15.9. The van der Waals surface area contributed by atoms with Crippen molar-refractivity contribution >= 4 is 12.0 Å². The van der Waals surface area contributed by atoms with Crippen molar-refractivity contribution in [1.82, 2.24) is 10.3 Å². The van der Waals surface area contributed by atoms with Gasteiger partial charge in [-0.1, -0.05) is 0 Å². The number of carbonyl (C=O) groups excluding carboxylic acids is 2. The molecule has 1 aromatic rings. The van der Waals surface area contributed by atoms with Crippen molar-refractivity contribution in [2.45, 2.75) is 32.5 Å². The molecule has 1 heterocycles. The second-order valence-corrected chi connectivity index (χ2v) is 4.88. The van der Waals surface area contributed by atoms with Gasteiger partial charge in [0.15, 0.2) is 0 Å². The lowest BCUT2D eigenvalue weighted by Crippen LogP contribution is -2.37. The Balaban J connectivity index is 2.92. The lowest BCUT2D eigenvalue weighted by Gasteiger charge is -2.19. The largest absolute Gasteiger partial charge is 0.444 e. The second-order valence-electron chi connectivity index (χ2n) is 4.88. The predicted octanol–water partition coefficient (Wildman–Crippen LogP) is 2.77. The number of pyridine rings is 1. The molecule has 0 aliphatic rings. The van der Waals surface area contributed by atoms with Crippen LogP contribution >= 0.6 is 0 Å². The van der Waals surface area contributed by atoms with Gasteiger partial charge in [-0.2, -0.15) is 13.2 Å². The van der Waals surface area contributed by atoms with Crippen LogP contribution < -0.4 is 5.32 Å². The van der Waals surface area contributed by atoms with Gasteiger partial charge in [-0.15, -0.1) is 0 Å². The lowest BCUT2D eigenvalue weighted by molar-refractivity contribution is -0.138. The summed E-state index contributed by atoms with van der Waals surface area (Å²) >= 11 is 0. The molecule has 0 radical (unpaired) electrons. The number of nitrogens with one attached hydrogen (secondary N) is 1. The van der Waals surface area contributed by atoms with Crippen molar-refractivity contribution in [1.29, 1.82) is 0 Å². The van der Waals surface area contributed by atoms with Gasteiger partial charge in [0.25, 0.3) is 5.91 Å². The number of alkyl carbamates (subject to hydrolysis) is 1. The van der Waals surface area contributed by atoms with Gasteiger partial charge in [-0.05, 0) is 26.8 Å². The van der Waals surface area contributed by atoms with Crippen LogP contribution in [0.4, 0.5) is 18.0 Å². The normalized spacial score (nSPS) is 11.9. The highest BCUT2D eigenvalue weighted by Crippen LogP contribution is 2.31. The zero-order valence-corrected chi connectivity index (χ0v) is 11.0. The van der Waals surface area contributed by atoms with E-state index >= 15 is 0 Å². The average Bonchev–Trinajstić information content (AvgIpc) is 2.25. The number of nitrogens with zero attached hydrogens (tertiary/aromatic N) is 1. The molecule has 1 rings (SSSR count). The summed E-state index contributed by atoms with van der Waals surface area (Å²) in [5, 5.41) is 1.73. The minimum Gasteiger partial charge on any atom is -0.444 e. The molecule has 110 valence electrons. The predicted molar refractivity (Wildman–Crippen MR) is 62.9 cm³/mol. The number of rotatable bonds is 1. The maximum absolute atomic E-state index is 12.7. The van der Waals surface area contributed by atoms with Gasteiger partial charge < -0.3 is 4.74 Å². The molecular weight excluding hydrogens is 277 g/mol. The monoisotopic (exact) mass is 290 g/mol. The maximum atomic E-state index is 12.7. The van der Waals surface area contributed by atoms with Gasteiger partial charge in [0.1, 0.15) is 5.60 Å². The van der Waals surface area contributed by atoms with Crippen molar-refractivity contribution in [2.24, 2.45) is 0 Å². The number of ether oxygens (including phenoxy) is 1. The Morgan fingerprint density at radius 3 is 2.35 bits per heavy atom. The molecule has 1 N–H and O–H groups in total. The van der Waals surface area contributed by atoms with Crippen molar-refractivity contribution in [3.8, 4) is 0 Å². The fraction of sp³-hybridized carbons (Fsp3) is 0.417. The van der Waals surface area contributed by atoms with Crippen LogP contribution in [-0.2, 0) is 10.9 Å². The Kier molecular flexibility index (Phi) is 4.36. The molecule has 0 aromatic carbocycles. The van der Waals surface area contributed by atoms with E-state index in [2.05, 4.69) is 4.98 Å². The van der Waals surface area contributed by atoms with E-state index in [1.54, 1.807) is 26.1 Å². The zero-order chi connectivity index (χ0) is 15.6. The smallest absolute Gasteiger partial charge is 0.417 e. The number of imide groups is 1. The Labute approximate surface area is 113 Å². The van der Waals surface area contributed by atoms with Gasteiger partial charge >= 0.3 is 12.3 Å². The van der Waals surface area contributed by atoms with Crippen molar-refractivity contribution in [3.63, 3.8) is 0 Å². The minimum atomic E-state index is -4.72. The minimum absolute atomic E-state index is 0.657. The summed E-state index contributed by atoms with van der Waals surface area (Å²) in [5.74, 6) is -1.22. The van der Waals surface area contributed by atoms with Crippen LogP contribution in [0.1, 0.15) is 36.7 Å². The molecule has 0 bridgehead atoms. The molecule has 1 aromatic heterocycles. The molecule has 5 nitrogen and oxygen atoms in total. The highest BCUT2D eigenvalue weighted by molar-refractivity contribution is 6.03. The second kappa shape index (κ2) is 5.48. The highest BCUT2D eigenvalue weighted by Gasteiger charge is 2.35. The van der Waals surface area contributed by atoms with Crippen LogP contribution in [0.5, 0.6) is 0 Å². The molecule has 20 heavy (non-hydrogen) atoms. The van der Waals surface area contributed by atoms with Crippen molar-refractivity contribution in [3.05, 3.63) is 29.6 Å². The first-order chi connectivity index (χ1) is 9.00.